The van der Waals surface area contributed by atoms with Crippen LogP contribution in [0.2, 0.25) is 0 Å². The summed E-state index contributed by atoms with van der Waals surface area (Å²) < 4.78 is 45.0. The smallest absolute Gasteiger partial charge is 0.241 e. The molecule has 0 fully saturated rings. The zero-order valence-corrected chi connectivity index (χ0v) is 16.1. The van der Waals surface area contributed by atoms with Gasteiger partial charge in [-0.15, -0.1) is 0 Å². The predicted octanol–water partition coefficient (Wildman–Crippen LogP) is 3.28. The average molecular weight is 377 g/mol. The van der Waals surface area contributed by atoms with Gasteiger partial charge in [0.15, 0.2) is 11.5 Å². The molecule has 0 radical (unpaired) electrons. The molecule has 0 bridgehead atoms. The SMILES string of the molecule is COc1ccc(S(=O)(=O)N[C@@H]2CC(C)(C)Oc3ccccc32)cc1OC. The van der Waals surface area contributed by atoms with Gasteiger partial charge in [-0.25, -0.2) is 13.1 Å². The van der Waals surface area contributed by atoms with E-state index in [1.807, 2.05) is 38.1 Å². The first-order valence-corrected chi connectivity index (χ1v) is 9.76. The molecule has 0 spiro atoms. The molecule has 0 aromatic heterocycles. The van der Waals surface area contributed by atoms with E-state index in [0.29, 0.717) is 23.7 Å². The highest BCUT2D eigenvalue weighted by molar-refractivity contribution is 7.89. The maximum absolute atomic E-state index is 12.9. The van der Waals surface area contributed by atoms with Crippen LogP contribution in [0.5, 0.6) is 17.2 Å². The van der Waals surface area contributed by atoms with Gasteiger partial charge in [-0.2, -0.15) is 0 Å². The summed E-state index contributed by atoms with van der Waals surface area (Å²) in [4.78, 5) is 0.122. The van der Waals surface area contributed by atoms with Crippen LogP contribution < -0.4 is 18.9 Å². The van der Waals surface area contributed by atoms with Crippen molar-refractivity contribution in [3.63, 3.8) is 0 Å². The molecule has 6 nitrogen and oxygen atoms in total. The number of para-hydroxylation sites is 1. The van der Waals surface area contributed by atoms with Crippen molar-refractivity contribution in [2.75, 3.05) is 14.2 Å². The molecule has 1 N–H and O–H groups in total. The molecule has 0 saturated carbocycles. The Bertz CT molecular complexity index is 908. The molecule has 26 heavy (non-hydrogen) atoms. The minimum Gasteiger partial charge on any atom is -0.493 e. The van der Waals surface area contributed by atoms with Crippen LogP contribution in [0, 0.1) is 0 Å². The van der Waals surface area contributed by atoms with Gasteiger partial charge in [0.1, 0.15) is 11.4 Å². The molecule has 2 aromatic carbocycles. The van der Waals surface area contributed by atoms with Crippen LogP contribution >= 0.6 is 0 Å². The van der Waals surface area contributed by atoms with Crippen LogP contribution in [0.4, 0.5) is 0 Å². The second kappa shape index (κ2) is 6.81. The lowest BCUT2D eigenvalue weighted by Gasteiger charge is -2.37. The van der Waals surface area contributed by atoms with Gasteiger partial charge in [0.05, 0.1) is 25.2 Å². The highest BCUT2D eigenvalue weighted by Gasteiger charge is 2.36. The van der Waals surface area contributed by atoms with Crippen LogP contribution in [0.3, 0.4) is 0 Å². The number of sulfonamides is 1. The third-order valence-electron chi connectivity index (χ3n) is 4.34. The van der Waals surface area contributed by atoms with E-state index in [0.717, 1.165) is 5.56 Å². The second-order valence-corrected chi connectivity index (χ2v) is 8.51. The standard InChI is InChI=1S/C19H23NO5S/c1-19(2)12-15(14-7-5-6-8-16(14)25-19)20-26(21,22)13-9-10-17(23-3)18(11-13)24-4/h5-11,15,20H,12H2,1-4H3/t15-/m1/s1. The fourth-order valence-corrected chi connectivity index (χ4v) is 4.38. The summed E-state index contributed by atoms with van der Waals surface area (Å²) in [7, 11) is -0.775. The van der Waals surface area contributed by atoms with Crippen LogP contribution in [0.25, 0.3) is 0 Å². The van der Waals surface area contributed by atoms with Gasteiger partial charge >= 0.3 is 0 Å². The van der Waals surface area contributed by atoms with Crippen LogP contribution in [-0.2, 0) is 10.0 Å². The van der Waals surface area contributed by atoms with Gasteiger partial charge in [-0.1, -0.05) is 18.2 Å². The molecule has 0 unspecified atom stereocenters. The highest BCUT2D eigenvalue weighted by Crippen LogP contribution is 2.40. The molecule has 0 amide bonds. The van der Waals surface area contributed by atoms with Gasteiger partial charge < -0.3 is 14.2 Å². The maximum Gasteiger partial charge on any atom is 0.241 e. The summed E-state index contributed by atoms with van der Waals surface area (Å²) in [6, 6.07) is 11.6. The van der Waals surface area contributed by atoms with Crippen molar-refractivity contribution < 1.29 is 22.6 Å². The van der Waals surface area contributed by atoms with Crippen molar-refractivity contribution in [1.29, 1.82) is 0 Å². The molecule has 1 aliphatic rings. The summed E-state index contributed by atoms with van der Waals surface area (Å²) in [5.74, 6) is 1.54. The van der Waals surface area contributed by atoms with Gasteiger partial charge in [0.2, 0.25) is 10.0 Å². The number of methoxy groups -OCH3 is 2. The number of nitrogens with one attached hydrogen (secondary N) is 1. The molecule has 0 saturated heterocycles. The van der Waals surface area contributed by atoms with E-state index in [2.05, 4.69) is 4.72 Å². The molecule has 1 aliphatic heterocycles. The van der Waals surface area contributed by atoms with E-state index in [1.165, 1.54) is 26.4 Å². The lowest BCUT2D eigenvalue weighted by molar-refractivity contribution is 0.0702. The fraction of sp³-hybridized carbons (Fsp3) is 0.368. The van der Waals surface area contributed by atoms with Gasteiger partial charge in [-0.3, -0.25) is 0 Å². The molecule has 0 aliphatic carbocycles. The molecule has 1 heterocycles. The lowest BCUT2D eigenvalue weighted by atomic mass is 9.90. The second-order valence-electron chi connectivity index (χ2n) is 6.79. The van der Waals surface area contributed by atoms with Gasteiger partial charge in [0.25, 0.3) is 0 Å². The summed E-state index contributed by atoms with van der Waals surface area (Å²) in [6.07, 6.45) is 0.524. The zero-order valence-electron chi connectivity index (χ0n) is 15.3. The molecule has 140 valence electrons. The van der Waals surface area contributed by atoms with E-state index in [1.54, 1.807) is 6.07 Å². The Balaban J connectivity index is 1.95. The predicted molar refractivity (Wildman–Crippen MR) is 98.4 cm³/mol. The van der Waals surface area contributed by atoms with E-state index in [9.17, 15) is 8.42 Å². The Labute approximate surface area is 154 Å². The quantitative estimate of drug-likeness (QED) is 0.866. The Morgan fingerprint density at radius 3 is 2.46 bits per heavy atom. The van der Waals surface area contributed by atoms with Crippen LogP contribution in [0.15, 0.2) is 47.4 Å². The third kappa shape index (κ3) is 3.64. The molecule has 2 aromatic rings. The molecular weight excluding hydrogens is 354 g/mol. The monoisotopic (exact) mass is 377 g/mol. The first-order chi connectivity index (χ1) is 12.3. The molecule has 7 heteroatoms. The van der Waals surface area contributed by atoms with Crippen molar-refractivity contribution in [1.82, 2.24) is 4.72 Å². The van der Waals surface area contributed by atoms with Crippen molar-refractivity contribution in [3.05, 3.63) is 48.0 Å². The number of fused-ring (bicyclic) bond motifs is 1. The summed E-state index contributed by atoms with van der Waals surface area (Å²) >= 11 is 0. The van der Waals surface area contributed by atoms with Gasteiger partial charge in [-0.05, 0) is 32.0 Å². The number of ether oxygens (including phenoxy) is 3. The van der Waals surface area contributed by atoms with E-state index < -0.39 is 15.6 Å². The maximum atomic E-state index is 12.9. The van der Waals surface area contributed by atoms with E-state index in [-0.39, 0.29) is 10.9 Å². The molecular formula is C19H23NO5S. The zero-order chi connectivity index (χ0) is 18.9. The highest BCUT2D eigenvalue weighted by atomic mass is 32.2. The summed E-state index contributed by atoms with van der Waals surface area (Å²) in [5, 5.41) is 0. The van der Waals surface area contributed by atoms with E-state index in [4.69, 9.17) is 14.2 Å². The van der Waals surface area contributed by atoms with E-state index >= 15 is 0 Å². The summed E-state index contributed by atoms with van der Waals surface area (Å²) in [5.41, 5.74) is 0.356. The third-order valence-corrected chi connectivity index (χ3v) is 5.81. The number of hydrogen-bond acceptors (Lipinski definition) is 5. The normalized spacial score (nSPS) is 18.5. The van der Waals surface area contributed by atoms with Crippen molar-refractivity contribution in [2.45, 2.75) is 36.8 Å². The molecule has 1 atom stereocenters. The number of hydrogen-bond donors (Lipinski definition) is 1. The Morgan fingerprint density at radius 1 is 1.08 bits per heavy atom. The van der Waals surface area contributed by atoms with Crippen molar-refractivity contribution in [2.24, 2.45) is 0 Å². The van der Waals surface area contributed by atoms with Crippen LogP contribution in [-0.4, -0.2) is 28.2 Å². The summed E-state index contributed by atoms with van der Waals surface area (Å²) in [6.45, 7) is 3.89. The number of benzene rings is 2. The topological polar surface area (TPSA) is 73.9 Å². The Hall–Kier alpha value is -2.25. The number of rotatable bonds is 5. The Morgan fingerprint density at radius 2 is 1.77 bits per heavy atom. The van der Waals surface area contributed by atoms with Gasteiger partial charge in [0, 0.05) is 18.1 Å². The average Bonchev–Trinajstić information content (AvgIpc) is 2.59. The minimum atomic E-state index is -3.75. The minimum absolute atomic E-state index is 0.122. The van der Waals surface area contributed by atoms with Crippen LogP contribution in [0.1, 0.15) is 31.9 Å². The lowest BCUT2D eigenvalue weighted by Crippen LogP contribution is -2.41. The van der Waals surface area contributed by atoms with Crippen molar-refractivity contribution in [3.8, 4) is 17.2 Å². The molecule has 3 rings (SSSR count). The fourth-order valence-electron chi connectivity index (χ4n) is 3.15. The van der Waals surface area contributed by atoms with Crippen molar-refractivity contribution >= 4 is 10.0 Å². The largest absolute Gasteiger partial charge is 0.493 e. The first-order valence-electron chi connectivity index (χ1n) is 8.28. The first kappa shape index (κ1) is 18.5. The Kier molecular flexibility index (Phi) is 4.86.